The van der Waals surface area contributed by atoms with Crippen LogP contribution in [-0.2, 0) is 19.1 Å². The van der Waals surface area contributed by atoms with Gasteiger partial charge in [0.2, 0.25) is 0 Å². The smallest absolute Gasteiger partial charge is 0.311 e. The largest absolute Gasteiger partial charge is 0.497 e. The summed E-state index contributed by atoms with van der Waals surface area (Å²) in [4.78, 5) is 28.5. The highest BCUT2D eigenvalue weighted by atomic mass is 127. The molecule has 1 saturated carbocycles. The fourth-order valence-electron chi connectivity index (χ4n) is 5.54. The normalized spacial score (nSPS) is 28.7. The Morgan fingerprint density at radius 2 is 1.58 bits per heavy atom. The SMILES string of the molecule is COC(=O)[C@H]1[C@H]2[C@H]([C@H](I)CC[C@@H]2C(=O)OC)N(c2ccc(Cl)cc2)[C@H]1c1ccc(OC)cc1. The number of hydrogen-bond donors (Lipinski definition) is 0. The molecule has 2 fully saturated rings. The van der Waals surface area contributed by atoms with E-state index in [-0.39, 0.29) is 39.8 Å². The molecular weight excluding hydrogens is 557 g/mol. The van der Waals surface area contributed by atoms with E-state index in [2.05, 4.69) is 27.5 Å². The fraction of sp³-hybridized carbons (Fsp3) is 0.440. The van der Waals surface area contributed by atoms with Gasteiger partial charge in [0.05, 0.1) is 39.2 Å². The molecule has 0 spiro atoms. The summed E-state index contributed by atoms with van der Waals surface area (Å²) in [5.41, 5.74) is 1.91. The first-order chi connectivity index (χ1) is 15.9. The van der Waals surface area contributed by atoms with E-state index in [1.165, 1.54) is 14.2 Å². The minimum Gasteiger partial charge on any atom is -0.497 e. The van der Waals surface area contributed by atoms with Gasteiger partial charge in [-0.15, -0.1) is 0 Å². The van der Waals surface area contributed by atoms with Crippen molar-refractivity contribution in [2.24, 2.45) is 17.8 Å². The van der Waals surface area contributed by atoms with E-state index in [0.717, 1.165) is 23.4 Å². The van der Waals surface area contributed by atoms with E-state index < -0.39 is 5.92 Å². The third-order valence-corrected chi connectivity index (χ3v) is 8.53. The lowest BCUT2D eigenvalue weighted by Crippen LogP contribution is -2.48. The number of halogens is 2. The first-order valence-electron chi connectivity index (χ1n) is 10.9. The van der Waals surface area contributed by atoms with Crippen LogP contribution in [0.4, 0.5) is 5.69 Å². The average molecular weight is 584 g/mol. The van der Waals surface area contributed by atoms with Gasteiger partial charge < -0.3 is 19.1 Å². The van der Waals surface area contributed by atoms with Crippen molar-refractivity contribution in [1.29, 1.82) is 0 Å². The summed E-state index contributed by atoms with van der Waals surface area (Å²) in [6, 6.07) is 15.0. The van der Waals surface area contributed by atoms with Crippen LogP contribution in [0.3, 0.4) is 0 Å². The molecule has 1 saturated heterocycles. The van der Waals surface area contributed by atoms with E-state index in [1.807, 2.05) is 48.5 Å². The van der Waals surface area contributed by atoms with Crippen molar-refractivity contribution >= 4 is 51.8 Å². The second-order valence-electron chi connectivity index (χ2n) is 8.44. The first-order valence-corrected chi connectivity index (χ1v) is 12.5. The van der Waals surface area contributed by atoms with E-state index in [1.54, 1.807) is 7.11 Å². The molecule has 1 aliphatic carbocycles. The van der Waals surface area contributed by atoms with E-state index in [4.69, 9.17) is 25.8 Å². The van der Waals surface area contributed by atoms with Gasteiger partial charge in [0.15, 0.2) is 0 Å². The van der Waals surface area contributed by atoms with Crippen molar-refractivity contribution < 1.29 is 23.8 Å². The molecule has 0 radical (unpaired) electrons. The number of esters is 2. The van der Waals surface area contributed by atoms with Gasteiger partial charge in [0.25, 0.3) is 0 Å². The van der Waals surface area contributed by atoms with E-state index in [9.17, 15) is 9.59 Å². The maximum absolute atomic E-state index is 13.3. The van der Waals surface area contributed by atoms with Crippen LogP contribution < -0.4 is 9.64 Å². The number of fused-ring (bicyclic) bond motifs is 1. The number of anilines is 1. The lowest BCUT2D eigenvalue weighted by atomic mass is 9.70. The number of methoxy groups -OCH3 is 3. The van der Waals surface area contributed by atoms with Gasteiger partial charge in [-0.25, -0.2) is 0 Å². The maximum Gasteiger partial charge on any atom is 0.311 e. The predicted molar refractivity (Wildman–Crippen MR) is 135 cm³/mol. The molecule has 0 bridgehead atoms. The highest BCUT2D eigenvalue weighted by Gasteiger charge is 2.60. The van der Waals surface area contributed by atoms with Crippen molar-refractivity contribution in [3.8, 4) is 5.75 Å². The van der Waals surface area contributed by atoms with Crippen molar-refractivity contribution in [3.05, 3.63) is 59.1 Å². The highest BCUT2D eigenvalue weighted by molar-refractivity contribution is 14.1. The molecule has 0 unspecified atom stereocenters. The molecule has 176 valence electrons. The Labute approximate surface area is 212 Å². The van der Waals surface area contributed by atoms with Gasteiger partial charge in [-0.05, 0) is 54.8 Å². The Kier molecular flexibility index (Phi) is 7.38. The third kappa shape index (κ3) is 4.41. The lowest BCUT2D eigenvalue weighted by Gasteiger charge is -2.41. The molecule has 4 rings (SSSR count). The zero-order valence-corrected chi connectivity index (χ0v) is 21.7. The van der Waals surface area contributed by atoms with Crippen LogP contribution in [0.2, 0.25) is 5.02 Å². The van der Waals surface area contributed by atoms with Crippen LogP contribution in [0, 0.1) is 17.8 Å². The van der Waals surface area contributed by atoms with Crippen molar-refractivity contribution in [2.45, 2.75) is 28.8 Å². The van der Waals surface area contributed by atoms with Crippen LogP contribution in [0.1, 0.15) is 24.4 Å². The fourth-order valence-corrected chi connectivity index (χ4v) is 6.85. The van der Waals surface area contributed by atoms with Crippen LogP contribution in [0.25, 0.3) is 0 Å². The monoisotopic (exact) mass is 583 g/mol. The number of carbonyl (C=O) groups excluding carboxylic acids is 2. The number of nitrogens with zero attached hydrogens (tertiary/aromatic N) is 1. The molecule has 2 aromatic carbocycles. The maximum atomic E-state index is 13.3. The Hall–Kier alpha value is -2.00. The average Bonchev–Trinajstić information content (AvgIpc) is 3.20. The second kappa shape index (κ2) is 10.1. The van der Waals surface area contributed by atoms with Crippen LogP contribution in [0.5, 0.6) is 5.75 Å². The summed E-state index contributed by atoms with van der Waals surface area (Å²) in [5, 5.41) is 0.641. The van der Waals surface area contributed by atoms with Crippen molar-refractivity contribution in [3.63, 3.8) is 0 Å². The summed E-state index contributed by atoms with van der Waals surface area (Å²) in [6.45, 7) is 0. The number of ether oxygens (including phenoxy) is 3. The number of hydrogen-bond acceptors (Lipinski definition) is 6. The van der Waals surface area contributed by atoms with Crippen molar-refractivity contribution in [1.82, 2.24) is 0 Å². The molecule has 0 N–H and O–H groups in total. The molecule has 33 heavy (non-hydrogen) atoms. The number of rotatable bonds is 5. The topological polar surface area (TPSA) is 65.1 Å². The molecule has 8 heteroatoms. The Morgan fingerprint density at radius 1 is 0.939 bits per heavy atom. The van der Waals surface area contributed by atoms with Gasteiger partial charge in [0.1, 0.15) is 5.75 Å². The Morgan fingerprint density at radius 3 is 2.15 bits per heavy atom. The molecule has 6 atom stereocenters. The summed E-state index contributed by atoms with van der Waals surface area (Å²) in [6.07, 6.45) is 1.54. The van der Waals surface area contributed by atoms with Crippen LogP contribution in [-0.4, -0.2) is 43.2 Å². The minimum absolute atomic E-state index is 0.0548. The number of benzene rings is 2. The quantitative estimate of drug-likeness (QED) is 0.278. The number of carbonyl (C=O) groups is 2. The van der Waals surface area contributed by atoms with Gasteiger partial charge in [0, 0.05) is 26.6 Å². The standard InChI is InChI=1S/C25H27ClINO5/c1-31-17-10-4-14(5-11-17)22-21(25(30)33-3)20-18(24(29)32-2)12-13-19(27)23(20)28(22)16-8-6-15(26)7-9-16/h4-11,18-23H,12-13H2,1-3H3/t18-,19+,20-,21-,22-,23-/m0/s1. The summed E-state index contributed by atoms with van der Waals surface area (Å²) in [7, 11) is 4.44. The summed E-state index contributed by atoms with van der Waals surface area (Å²) >= 11 is 8.65. The molecule has 0 amide bonds. The van der Waals surface area contributed by atoms with Gasteiger partial charge in [-0.2, -0.15) is 0 Å². The van der Waals surface area contributed by atoms with E-state index >= 15 is 0 Å². The lowest BCUT2D eigenvalue weighted by molar-refractivity contribution is -0.154. The first kappa shape index (κ1) is 24.1. The summed E-state index contributed by atoms with van der Waals surface area (Å²) < 4.78 is 16.1. The molecule has 0 aromatic heterocycles. The molecule has 2 aliphatic rings. The van der Waals surface area contributed by atoms with E-state index in [0.29, 0.717) is 11.4 Å². The van der Waals surface area contributed by atoms with Crippen molar-refractivity contribution in [2.75, 3.05) is 26.2 Å². The molecule has 2 aromatic rings. The predicted octanol–water partition coefficient (Wildman–Crippen LogP) is 5.07. The summed E-state index contributed by atoms with van der Waals surface area (Å²) in [5.74, 6) is -1.02. The molecule has 1 aliphatic heterocycles. The Bertz CT molecular complexity index is 999. The van der Waals surface area contributed by atoms with Gasteiger partial charge in [-0.1, -0.05) is 46.3 Å². The second-order valence-corrected chi connectivity index (χ2v) is 10.5. The van der Waals surface area contributed by atoms with Crippen LogP contribution >= 0.6 is 34.2 Å². The minimum atomic E-state index is -0.536. The number of alkyl halides is 1. The Balaban J connectivity index is 1.92. The van der Waals surface area contributed by atoms with Crippen LogP contribution in [0.15, 0.2) is 48.5 Å². The molecule has 6 nitrogen and oxygen atoms in total. The van der Waals surface area contributed by atoms with Gasteiger partial charge in [-0.3, -0.25) is 9.59 Å². The zero-order valence-electron chi connectivity index (χ0n) is 18.7. The van der Waals surface area contributed by atoms with Gasteiger partial charge >= 0.3 is 11.9 Å². The highest BCUT2D eigenvalue weighted by Crippen LogP contribution is 2.56. The molecular formula is C25H27ClINO5. The third-order valence-electron chi connectivity index (χ3n) is 6.92. The zero-order chi connectivity index (χ0) is 23.7. The molecule has 1 heterocycles.